The molecular weight excluding hydrogens is 216 g/mol. The van der Waals surface area contributed by atoms with Crippen LogP contribution >= 0.6 is 22.9 Å². The van der Waals surface area contributed by atoms with Crippen LogP contribution in [-0.4, -0.2) is 13.6 Å². The first-order valence-corrected chi connectivity index (χ1v) is 5.73. The van der Waals surface area contributed by atoms with Crippen molar-refractivity contribution in [3.05, 3.63) is 16.5 Å². The van der Waals surface area contributed by atoms with Crippen molar-refractivity contribution in [2.75, 3.05) is 18.5 Å². The molecule has 14 heavy (non-hydrogen) atoms. The summed E-state index contributed by atoms with van der Waals surface area (Å²) >= 11 is 7.38. The van der Waals surface area contributed by atoms with Crippen molar-refractivity contribution >= 4 is 27.9 Å². The van der Waals surface area contributed by atoms with E-state index in [0.717, 1.165) is 22.3 Å². The van der Waals surface area contributed by atoms with Gasteiger partial charge in [-0.1, -0.05) is 18.5 Å². The zero-order valence-electron chi connectivity index (χ0n) is 8.33. The minimum atomic E-state index is 0.0980. The third-order valence-corrected chi connectivity index (χ3v) is 3.45. The lowest BCUT2D eigenvalue weighted by atomic mass is 10.1. The van der Waals surface area contributed by atoms with Crippen LogP contribution in [0.15, 0.2) is 12.1 Å². The highest BCUT2D eigenvalue weighted by Gasteiger charge is 2.10. The Labute approximate surface area is 93.7 Å². The third-order valence-electron chi connectivity index (χ3n) is 2.10. The molecule has 0 saturated carbocycles. The highest BCUT2D eigenvalue weighted by molar-refractivity contribution is 7.19. The molecular formula is C10H13ClN2S. The molecule has 0 aliphatic carbocycles. The van der Waals surface area contributed by atoms with Crippen molar-refractivity contribution < 1.29 is 0 Å². The molecule has 1 unspecified atom stereocenters. The molecule has 0 bridgehead atoms. The summed E-state index contributed by atoms with van der Waals surface area (Å²) < 4.78 is 0.789. The van der Waals surface area contributed by atoms with Gasteiger partial charge in [0.05, 0.1) is 21.3 Å². The smallest absolute Gasteiger partial charge is 0.0950 e. The van der Waals surface area contributed by atoms with Crippen LogP contribution in [0.4, 0.5) is 5.00 Å². The van der Waals surface area contributed by atoms with Gasteiger partial charge in [-0.3, -0.25) is 0 Å². The van der Waals surface area contributed by atoms with Gasteiger partial charge in [0.1, 0.15) is 0 Å². The number of nitrogens with zero attached hydrogens (tertiary/aromatic N) is 2. The summed E-state index contributed by atoms with van der Waals surface area (Å²) in [5.41, 5.74) is 0. The van der Waals surface area contributed by atoms with Gasteiger partial charge in [-0.25, -0.2) is 0 Å². The number of halogens is 1. The monoisotopic (exact) mass is 228 g/mol. The van der Waals surface area contributed by atoms with Crippen molar-refractivity contribution in [3.63, 3.8) is 0 Å². The van der Waals surface area contributed by atoms with E-state index in [1.807, 2.05) is 26.1 Å². The Bertz CT molecular complexity index is 329. The summed E-state index contributed by atoms with van der Waals surface area (Å²) in [4.78, 5) is 2.08. The topological polar surface area (TPSA) is 27.0 Å². The van der Waals surface area contributed by atoms with E-state index in [4.69, 9.17) is 16.9 Å². The number of anilines is 1. The van der Waals surface area contributed by atoms with Crippen molar-refractivity contribution in [2.45, 2.75) is 13.3 Å². The number of thiophene rings is 1. The second-order valence-corrected chi connectivity index (χ2v) is 4.89. The lowest BCUT2D eigenvalue weighted by molar-refractivity contribution is 0.633. The zero-order chi connectivity index (χ0) is 10.6. The van der Waals surface area contributed by atoms with Gasteiger partial charge >= 0.3 is 0 Å². The van der Waals surface area contributed by atoms with Crippen LogP contribution in [0.3, 0.4) is 0 Å². The molecule has 1 rings (SSSR count). The highest BCUT2D eigenvalue weighted by Crippen LogP contribution is 2.29. The maximum atomic E-state index is 8.83. The molecule has 0 saturated heterocycles. The first kappa shape index (κ1) is 11.4. The Balaban J connectivity index is 2.58. The van der Waals surface area contributed by atoms with Crippen molar-refractivity contribution in [3.8, 4) is 6.07 Å². The molecule has 1 aromatic rings. The van der Waals surface area contributed by atoms with Crippen molar-refractivity contribution in [1.82, 2.24) is 0 Å². The lowest BCUT2D eigenvalue weighted by Crippen LogP contribution is -2.23. The van der Waals surface area contributed by atoms with Gasteiger partial charge in [0.2, 0.25) is 0 Å². The van der Waals surface area contributed by atoms with E-state index >= 15 is 0 Å². The molecule has 0 aliphatic heterocycles. The molecule has 1 aromatic heterocycles. The maximum absolute atomic E-state index is 8.83. The molecule has 4 heteroatoms. The van der Waals surface area contributed by atoms with Crippen LogP contribution < -0.4 is 4.90 Å². The molecule has 0 N–H and O–H groups in total. The number of rotatable bonds is 4. The highest BCUT2D eigenvalue weighted by atomic mass is 35.5. The molecule has 2 nitrogen and oxygen atoms in total. The molecule has 1 heterocycles. The van der Waals surface area contributed by atoms with Crippen LogP contribution in [0.2, 0.25) is 4.34 Å². The Kier molecular flexibility index (Phi) is 4.24. The number of nitriles is 1. The van der Waals surface area contributed by atoms with E-state index in [2.05, 4.69) is 11.0 Å². The second kappa shape index (κ2) is 5.23. The summed E-state index contributed by atoms with van der Waals surface area (Å²) in [5, 5.41) is 9.94. The predicted octanol–water partition coefficient (Wildman–Crippen LogP) is 3.39. The van der Waals surface area contributed by atoms with Crippen LogP contribution in [-0.2, 0) is 0 Å². The van der Waals surface area contributed by atoms with E-state index in [1.54, 1.807) is 11.3 Å². The molecule has 0 aliphatic rings. The minimum Gasteiger partial charge on any atom is -0.365 e. The van der Waals surface area contributed by atoms with E-state index in [-0.39, 0.29) is 5.92 Å². The summed E-state index contributed by atoms with van der Waals surface area (Å²) in [6.45, 7) is 2.80. The molecule has 0 radical (unpaired) electrons. The van der Waals surface area contributed by atoms with E-state index < -0.39 is 0 Å². The van der Waals surface area contributed by atoms with Crippen LogP contribution in [0.1, 0.15) is 13.3 Å². The summed E-state index contributed by atoms with van der Waals surface area (Å²) in [7, 11) is 1.99. The van der Waals surface area contributed by atoms with Crippen LogP contribution in [0.25, 0.3) is 0 Å². The number of hydrogen-bond acceptors (Lipinski definition) is 3. The fourth-order valence-electron chi connectivity index (χ4n) is 1.19. The third kappa shape index (κ3) is 2.90. The number of hydrogen-bond donors (Lipinski definition) is 0. The predicted molar refractivity (Wildman–Crippen MR) is 62.0 cm³/mol. The normalized spacial score (nSPS) is 12.1. The Morgan fingerprint density at radius 3 is 2.79 bits per heavy atom. The van der Waals surface area contributed by atoms with Gasteiger partial charge < -0.3 is 4.90 Å². The van der Waals surface area contributed by atoms with Crippen molar-refractivity contribution in [2.24, 2.45) is 5.92 Å². The molecule has 0 spiro atoms. The Morgan fingerprint density at radius 1 is 1.64 bits per heavy atom. The second-order valence-electron chi connectivity index (χ2n) is 3.19. The summed E-state index contributed by atoms with van der Waals surface area (Å²) in [6, 6.07) is 6.15. The van der Waals surface area contributed by atoms with E-state index in [0.29, 0.717) is 0 Å². The van der Waals surface area contributed by atoms with Crippen LogP contribution in [0.5, 0.6) is 0 Å². The largest absolute Gasteiger partial charge is 0.365 e. The molecule has 0 fully saturated rings. The van der Waals surface area contributed by atoms with Crippen molar-refractivity contribution in [1.29, 1.82) is 5.26 Å². The van der Waals surface area contributed by atoms with Gasteiger partial charge in [-0.2, -0.15) is 5.26 Å². The Morgan fingerprint density at radius 2 is 2.36 bits per heavy atom. The first-order valence-electron chi connectivity index (χ1n) is 4.53. The fraction of sp³-hybridized carbons (Fsp3) is 0.500. The van der Waals surface area contributed by atoms with Gasteiger partial charge in [0, 0.05) is 13.6 Å². The van der Waals surface area contributed by atoms with Gasteiger partial charge in [-0.15, -0.1) is 11.3 Å². The summed E-state index contributed by atoms with van der Waals surface area (Å²) in [6.07, 6.45) is 0.889. The molecule has 1 atom stereocenters. The zero-order valence-corrected chi connectivity index (χ0v) is 9.90. The fourth-order valence-corrected chi connectivity index (χ4v) is 2.19. The average Bonchev–Trinajstić information content (AvgIpc) is 2.61. The quantitative estimate of drug-likeness (QED) is 0.790. The van der Waals surface area contributed by atoms with Gasteiger partial charge in [0.15, 0.2) is 0 Å². The maximum Gasteiger partial charge on any atom is 0.0950 e. The van der Waals surface area contributed by atoms with Gasteiger partial charge in [0.25, 0.3) is 0 Å². The van der Waals surface area contributed by atoms with Gasteiger partial charge in [-0.05, 0) is 18.6 Å². The molecule has 0 aromatic carbocycles. The molecule has 0 amide bonds. The average molecular weight is 229 g/mol. The Hall–Kier alpha value is -0.720. The SMILES string of the molecule is CCC(C#N)CN(C)c1ccc(Cl)s1. The van der Waals surface area contributed by atoms with E-state index in [9.17, 15) is 0 Å². The summed E-state index contributed by atoms with van der Waals surface area (Å²) in [5.74, 6) is 0.0980. The minimum absolute atomic E-state index is 0.0980. The van der Waals surface area contributed by atoms with Crippen LogP contribution in [0, 0.1) is 17.2 Å². The lowest BCUT2D eigenvalue weighted by Gasteiger charge is -2.19. The van der Waals surface area contributed by atoms with E-state index in [1.165, 1.54) is 0 Å². The first-order chi connectivity index (χ1) is 6.67. The standard InChI is InChI=1S/C10H13ClN2S/c1-3-8(6-12)7-13(2)10-5-4-9(11)14-10/h4-5,8H,3,7H2,1-2H3. The molecule has 76 valence electrons.